The van der Waals surface area contributed by atoms with Crippen molar-refractivity contribution in [3.05, 3.63) is 53.6 Å². The van der Waals surface area contributed by atoms with Gasteiger partial charge in [-0.15, -0.1) is 0 Å². The van der Waals surface area contributed by atoms with E-state index in [0.717, 1.165) is 35.3 Å². The number of amides is 1. The lowest BCUT2D eigenvalue weighted by molar-refractivity contribution is 0.0147. The van der Waals surface area contributed by atoms with Gasteiger partial charge in [0.2, 0.25) is 0 Å². The molecule has 3 rings (SSSR count). The molecule has 2 aromatic rings. The monoisotopic (exact) mass is 325 g/mol. The molecule has 0 heterocycles. The number of rotatable bonds is 3. The van der Waals surface area contributed by atoms with Crippen LogP contribution in [0.4, 0.5) is 4.79 Å². The second-order valence-corrected chi connectivity index (χ2v) is 6.95. The molecule has 0 aromatic heterocycles. The van der Waals surface area contributed by atoms with Gasteiger partial charge in [-0.1, -0.05) is 44.2 Å². The highest BCUT2D eigenvalue weighted by atomic mass is 16.6. The largest absolute Gasteiger partial charge is 0.497 e. The van der Waals surface area contributed by atoms with Gasteiger partial charge in [0.1, 0.15) is 11.9 Å². The molecule has 2 N–H and O–H groups in total. The third kappa shape index (κ3) is 3.09. The van der Waals surface area contributed by atoms with Crippen LogP contribution in [0.5, 0.6) is 5.75 Å². The number of carbonyl (C=O) groups is 1. The number of nitrogens with two attached hydrogens (primary N) is 1. The minimum atomic E-state index is -0.722. The van der Waals surface area contributed by atoms with E-state index < -0.39 is 6.09 Å². The summed E-state index contributed by atoms with van der Waals surface area (Å²) in [5, 5.41) is 0. The maximum absolute atomic E-state index is 11.3. The Morgan fingerprint density at radius 3 is 2.42 bits per heavy atom. The number of primary amides is 1. The van der Waals surface area contributed by atoms with E-state index in [1.165, 1.54) is 5.56 Å². The van der Waals surface area contributed by atoms with Crippen LogP contribution in [0, 0.1) is 5.41 Å². The molecule has 1 amide bonds. The number of hydrogen-bond acceptors (Lipinski definition) is 3. The molecule has 126 valence electrons. The lowest BCUT2D eigenvalue weighted by atomic mass is 9.71. The van der Waals surface area contributed by atoms with Crippen molar-refractivity contribution in [3.63, 3.8) is 0 Å². The zero-order valence-corrected chi connectivity index (χ0v) is 14.3. The Kier molecular flexibility index (Phi) is 4.22. The summed E-state index contributed by atoms with van der Waals surface area (Å²) < 4.78 is 10.6. The summed E-state index contributed by atoms with van der Waals surface area (Å²) in [5.74, 6) is 0.841. The first kappa shape index (κ1) is 16.4. The zero-order valence-electron chi connectivity index (χ0n) is 14.3. The molecule has 0 radical (unpaired) electrons. The summed E-state index contributed by atoms with van der Waals surface area (Å²) in [5.41, 5.74) is 9.71. The molecular weight excluding hydrogens is 302 g/mol. The minimum Gasteiger partial charge on any atom is -0.497 e. The number of carbonyl (C=O) groups excluding carboxylic acids is 1. The predicted molar refractivity (Wildman–Crippen MR) is 93.9 cm³/mol. The van der Waals surface area contributed by atoms with Gasteiger partial charge in [-0.25, -0.2) is 4.79 Å². The van der Waals surface area contributed by atoms with Gasteiger partial charge in [0.25, 0.3) is 0 Å². The van der Waals surface area contributed by atoms with Crippen LogP contribution in [0.25, 0.3) is 11.1 Å². The average Bonchev–Trinajstić information content (AvgIpc) is 2.57. The third-order valence-corrected chi connectivity index (χ3v) is 4.83. The molecule has 1 aliphatic carbocycles. The fraction of sp³-hybridized carbons (Fsp3) is 0.350. The summed E-state index contributed by atoms with van der Waals surface area (Å²) in [6.07, 6.45) is 0.887. The van der Waals surface area contributed by atoms with E-state index in [2.05, 4.69) is 32.0 Å². The first-order chi connectivity index (χ1) is 11.4. The number of fused-ring (bicyclic) bond motifs is 1. The molecule has 0 saturated heterocycles. The van der Waals surface area contributed by atoms with Crippen LogP contribution in [-0.4, -0.2) is 13.2 Å². The molecule has 1 atom stereocenters. The van der Waals surface area contributed by atoms with Gasteiger partial charge < -0.3 is 15.2 Å². The van der Waals surface area contributed by atoms with Gasteiger partial charge in [-0.2, -0.15) is 0 Å². The van der Waals surface area contributed by atoms with Crippen molar-refractivity contribution < 1.29 is 14.3 Å². The maximum Gasteiger partial charge on any atom is 0.405 e. The van der Waals surface area contributed by atoms with Crippen LogP contribution in [0.3, 0.4) is 0 Å². The van der Waals surface area contributed by atoms with E-state index in [9.17, 15) is 4.79 Å². The first-order valence-electron chi connectivity index (χ1n) is 8.14. The Labute approximate surface area is 142 Å². The highest BCUT2D eigenvalue weighted by molar-refractivity contribution is 5.67. The first-order valence-corrected chi connectivity index (χ1v) is 8.14. The van der Waals surface area contributed by atoms with Crippen LogP contribution in [0.15, 0.2) is 42.5 Å². The standard InChI is InChI=1S/C20H23NO3/c1-20(2)11-10-15-12-14(13-4-7-16(23-3)8-5-13)6-9-17(15)18(20)24-19(21)22/h4-9,12,18H,10-11H2,1-3H3,(H2,21,22)/t18-/m0/s1. The summed E-state index contributed by atoms with van der Waals surface area (Å²) in [7, 11) is 1.66. The summed E-state index contributed by atoms with van der Waals surface area (Å²) >= 11 is 0. The smallest absolute Gasteiger partial charge is 0.405 e. The van der Waals surface area contributed by atoms with Gasteiger partial charge in [-0.05, 0) is 47.2 Å². The maximum atomic E-state index is 11.3. The van der Waals surface area contributed by atoms with Crippen LogP contribution in [-0.2, 0) is 11.2 Å². The second-order valence-electron chi connectivity index (χ2n) is 6.95. The quantitative estimate of drug-likeness (QED) is 0.905. The number of aryl methyl sites for hydroxylation is 1. The SMILES string of the molecule is COc1ccc(-c2ccc3c(c2)CCC(C)(C)[C@H]3OC(N)=O)cc1. The molecule has 2 aromatic carbocycles. The van der Waals surface area contributed by atoms with E-state index in [-0.39, 0.29) is 11.5 Å². The highest BCUT2D eigenvalue weighted by Gasteiger charge is 2.38. The second kappa shape index (κ2) is 6.19. The molecule has 0 bridgehead atoms. The lowest BCUT2D eigenvalue weighted by Crippen LogP contribution is -2.33. The Morgan fingerprint density at radius 1 is 1.12 bits per heavy atom. The molecule has 0 unspecified atom stereocenters. The highest BCUT2D eigenvalue weighted by Crippen LogP contribution is 2.46. The Balaban J connectivity index is 1.97. The van der Waals surface area contributed by atoms with E-state index >= 15 is 0 Å². The molecule has 4 nitrogen and oxygen atoms in total. The summed E-state index contributed by atoms with van der Waals surface area (Å²) in [6.45, 7) is 4.22. The van der Waals surface area contributed by atoms with E-state index in [4.69, 9.17) is 15.2 Å². The van der Waals surface area contributed by atoms with Crippen molar-refractivity contribution in [2.45, 2.75) is 32.8 Å². The topological polar surface area (TPSA) is 61.6 Å². The molecule has 0 fully saturated rings. The van der Waals surface area contributed by atoms with Crippen molar-refractivity contribution in [3.8, 4) is 16.9 Å². The molecule has 0 spiro atoms. The molecule has 24 heavy (non-hydrogen) atoms. The fourth-order valence-electron chi connectivity index (χ4n) is 3.39. The van der Waals surface area contributed by atoms with E-state index in [0.29, 0.717) is 0 Å². The molecule has 0 aliphatic heterocycles. The molecular formula is C20H23NO3. The Morgan fingerprint density at radius 2 is 1.79 bits per heavy atom. The van der Waals surface area contributed by atoms with Gasteiger partial charge in [0.05, 0.1) is 7.11 Å². The summed E-state index contributed by atoms with van der Waals surface area (Å²) in [4.78, 5) is 11.3. The van der Waals surface area contributed by atoms with Crippen molar-refractivity contribution in [1.29, 1.82) is 0 Å². The van der Waals surface area contributed by atoms with Crippen LogP contribution >= 0.6 is 0 Å². The summed E-state index contributed by atoms with van der Waals surface area (Å²) in [6, 6.07) is 14.3. The average molecular weight is 325 g/mol. The molecule has 0 saturated carbocycles. The van der Waals surface area contributed by atoms with Crippen LogP contribution in [0.1, 0.15) is 37.5 Å². The number of methoxy groups -OCH3 is 1. The van der Waals surface area contributed by atoms with Crippen molar-refractivity contribution in [1.82, 2.24) is 0 Å². The van der Waals surface area contributed by atoms with E-state index in [1.54, 1.807) is 7.11 Å². The fourth-order valence-corrected chi connectivity index (χ4v) is 3.39. The number of ether oxygens (including phenoxy) is 2. The van der Waals surface area contributed by atoms with Crippen molar-refractivity contribution in [2.24, 2.45) is 11.1 Å². The van der Waals surface area contributed by atoms with Gasteiger partial charge in [0.15, 0.2) is 0 Å². The van der Waals surface area contributed by atoms with Gasteiger partial charge >= 0.3 is 6.09 Å². The Hall–Kier alpha value is -2.49. The van der Waals surface area contributed by atoms with Crippen molar-refractivity contribution in [2.75, 3.05) is 7.11 Å². The minimum absolute atomic E-state index is 0.121. The lowest BCUT2D eigenvalue weighted by Gasteiger charge is -2.39. The Bertz CT molecular complexity index is 750. The molecule has 1 aliphatic rings. The molecule has 4 heteroatoms. The van der Waals surface area contributed by atoms with E-state index in [1.807, 2.05) is 24.3 Å². The third-order valence-electron chi connectivity index (χ3n) is 4.83. The number of hydrogen-bond donors (Lipinski definition) is 1. The normalized spacial score (nSPS) is 18.5. The van der Waals surface area contributed by atoms with Crippen molar-refractivity contribution >= 4 is 6.09 Å². The van der Waals surface area contributed by atoms with Crippen LogP contribution < -0.4 is 10.5 Å². The zero-order chi connectivity index (χ0) is 17.3. The van der Waals surface area contributed by atoms with Gasteiger partial charge in [-0.3, -0.25) is 0 Å². The number of benzene rings is 2. The predicted octanol–water partition coefficient (Wildman–Crippen LogP) is 4.47. The van der Waals surface area contributed by atoms with Gasteiger partial charge in [0, 0.05) is 5.41 Å². The van der Waals surface area contributed by atoms with Crippen LogP contribution in [0.2, 0.25) is 0 Å².